The molecule has 0 N–H and O–H groups in total. The summed E-state index contributed by atoms with van der Waals surface area (Å²) in [6.45, 7) is 5.53. The third-order valence-electron chi connectivity index (χ3n) is 2.65. The molecule has 1 nitrogen and oxygen atoms in total. The Hall–Kier alpha value is -0.440. The van der Waals surface area contributed by atoms with E-state index in [1.807, 2.05) is 0 Å². The average molecular weight is 190 g/mol. The Balaban J connectivity index is 2.65. The highest BCUT2D eigenvalue weighted by Crippen LogP contribution is 2.40. The first-order valence-electron chi connectivity index (χ1n) is 4.50. The highest BCUT2D eigenvalue weighted by molar-refractivity contribution is 5.02. The van der Waals surface area contributed by atoms with E-state index in [-0.39, 0.29) is 24.9 Å². The lowest BCUT2D eigenvalue weighted by Crippen LogP contribution is -2.35. The van der Waals surface area contributed by atoms with Crippen molar-refractivity contribution < 1.29 is 13.5 Å². The van der Waals surface area contributed by atoms with Crippen LogP contribution in [0.1, 0.15) is 26.2 Å². The van der Waals surface area contributed by atoms with E-state index in [1.54, 1.807) is 6.92 Å². The molecule has 1 aliphatic rings. The van der Waals surface area contributed by atoms with E-state index < -0.39 is 5.92 Å². The maximum atomic E-state index is 13.1. The minimum atomic E-state index is -2.58. The van der Waals surface area contributed by atoms with Gasteiger partial charge in [0.15, 0.2) is 0 Å². The summed E-state index contributed by atoms with van der Waals surface area (Å²) in [7, 11) is 1.49. The third-order valence-corrected chi connectivity index (χ3v) is 2.65. The first-order chi connectivity index (χ1) is 5.94. The van der Waals surface area contributed by atoms with Gasteiger partial charge in [-0.3, -0.25) is 0 Å². The lowest BCUT2D eigenvalue weighted by molar-refractivity contribution is -0.0996. The molecule has 0 aromatic heterocycles. The summed E-state index contributed by atoms with van der Waals surface area (Å²) in [5, 5.41) is 0. The van der Waals surface area contributed by atoms with Crippen molar-refractivity contribution in [2.75, 3.05) is 7.11 Å². The van der Waals surface area contributed by atoms with Gasteiger partial charge in [0.05, 0.1) is 6.10 Å². The molecule has 2 unspecified atom stereocenters. The summed E-state index contributed by atoms with van der Waals surface area (Å²) in [6, 6.07) is 0. The van der Waals surface area contributed by atoms with Crippen molar-refractivity contribution in [1.82, 2.24) is 0 Å². The van der Waals surface area contributed by atoms with Crippen LogP contribution in [0.3, 0.4) is 0 Å². The fourth-order valence-electron chi connectivity index (χ4n) is 1.82. The molecule has 3 heteroatoms. The zero-order chi connectivity index (χ0) is 10.1. The summed E-state index contributed by atoms with van der Waals surface area (Å²) < 4.78 is 31.2. The first kappa shape index (κ1) is 10.6. The van der Waals surface area contributed by atoms with E-state index in [4.69, 9.17) is 4.74 Å². The molecule has 1 saturated carbocycles. The van der Waals surface area contributed by atoms with E-state index in [0.717, 1.165) is 5.57 Å². The summed E-state index contributed by atoms with van der Waals surface area (Å²) >= 11 is 0. The van der Waals surface area contributed by atoms with Crippen molar-refractivity contribution in [1.29, 1.82) is 0 Å². The Labute approximate surface area is 77.8 Å². The van der Waals surface area contributed by atoms with Gasteiger partial charge in [0.25, 0.3) is 5.92 Å². The Morgan fingerprint density at radius 3 is 2.54 bits per heavy atom. The summed E-state index contributed by atoms with van der Waals surface area (Å²) in [5.41, 5.74) is 0.835. The molecule has 0 amide bonds. The quantitative estimate of drug-likeness (QED) is 0.608. The molecule has 0 aromatic rings. The van der Waals surface area contributed by atoms with Gasteiger partial charge >= 0.3 is 0 Å². The van der Waals surface area contributed by atoms with E-state index in [1.165, 1.54) is 7.11 Å². The first-order valence-corrected chi connectivity index (χ1v) is 4.50. The van der Waals surface area contributed by atoms with Crippen molar-refractivity contribution in [3.8, 4) is 0 Å². The average Bonchev–Trinajstić information content (AvgIpc) is 2.01. The molecule has 0 spiro atoms. The highest BCUT2D eigenvalue weighted by Gasteiger charge is 2.41. The monoisotopic (exact) mass is 190 g/mol. The number of methoxy groups -OCH3 is 1. The fourth-order valence-corrected chi connectivity index (χ4v) is 1.82. The lowest BCUT2D eigenvalue weighted by Gasteiger charge is -2.34. The second kappa shape index (κ2) is 3.74. The highest BCUT2D eigenvalue weighted by atomic mass is 19.3. The van der Waals surface area contributed by atoms with Crippen LogP contribution < -0.4 is 0 Å². The smallest absolute Gasteiger partial charge is 0.251 e. The summed E-state index contributed by atoms with van der Waals surface area (Å²) in [6.07, 6.45) is 0.155. The number of ether oxygens (including phenoxy) is 1. The molecule has 0 heterocycles. The van der Waals surface area contributed by atoms with Crippen LogP contribution in [0.15, 0.2) is 12.2 Å². The van der Waals surface area contributed by atoms with Gasteiger partial charge in [0.2, 0.25) is 0 Å². The number of hydrogen-bond donors (Lipinski definition) is 0. The van der Waals surface area contributed by atoms with Crippen molar-refractivity contribution in [2.24, 2.45) is 5.92 Å². The van der Waals surface area contributed by atoms with Gasteiger partial charge in [0, 0.05) is 20.0 Å². The molecular weight excluding hydrogens is 174 g/mol. The SMILES string of the molecule is C=C(C)C1CC(OC)CC(F)(F)C1. The topological polar surface area (TPSA) is 9.23 Å². The fraction of sp³-hybridized carbons (Fsp3) is 0.800. The number of allylic oxidation sites excluding steroid dienone is 1. The Morgan fingerprint density at radius 1 is 1.46 bits per heavy atom. The summed E-state index contributed by atoms with van der Waals surface area (Å²) in [4.78, 5) is 0. The van der Waals surface area contributed by atoms with Crippen molar-refractivity contribution in [2.45, 2.75) is 38.2 Å². The van der Waals surface area contributed by atoms with Crippen molar-refractivity contribution in [3.63, 3.8) is 0 Å². The van der Waals surface area contributed by atoms with Gasteiger partial charge < -0.3 is 4.74 Å². The number of halogens is 2. The zero-order valence-electron chi connectivity index (χ0n) is 8.15. The van der Waals surface area contributed by atoms with Gasteiger partial charge in [0.1, 0.15) is 0 Å². The minimum absolute atomic E-state index is 0.0673. The van der Waals surface area contributed by atoms with Crippen LogP contribution in [0.4, 0.5) is 8.78 Å². The molecule has 0 bridgehead atoms. The van der Waals surface area contributed by atoms with E-state index >= 15 is 0 Å². The van der Waals surface area contributed by atoms with Gasteiger partial charge in [-0.1, -0.05) is 12.2 Å². The zero-order valence-corrected chi connectivity index (χ0v) is 8.15. The van der Waals surface area contributed by atoms with E-state index in [9.17, 15) is 8.78 Å². The second-order valence-corrected chi connectivity index (χ2v) is 3.90. The number of rotatable bonds is 2. The van der Waals surface area contributed by atoms with Crippen molar-refractivity contribution >= 4 is 0 Å². The number of alkyl halides is 2. The molecule has 0 saturated heterocycles. The molecule has 0 aliphatic heterocycles. The van der Waals surface area contributed by atoms with Gasteiger partial charge in [-0.25, -0.2) is 8.78 Å². The van der Waals surface area contributed by atoms with Crippen molar-refractivity contribution in [3.05, 3.63) is 12.2 Å². The predicted octanol–water partition coefficient (Wildman–Crippen LogP) is 3.01. The van der Waals surface area contributed by atoms with Crippen LogP contribution in [0.5, 0.6) is 0 Å². The lowest BCUT2D eigenvalue weighted by atomic mass is 9.81. The Kier molecular flexibility index (Phi) is 3.06. The largest absolute Gasteiger partial charge is 0.381 e. The third kappa shape index (κ3) is 2.76. The van der Waals surface area contributed by atoms with Crippen LogP contribution in [0, 0.1) is 5.92 Å². The molecule has 0 radical (unpaired) electrons. The molecule has 1 aliphatic carbocycles. The normalized spacial score (nSPS) is 32.9. The van der Waals surface area contributed by atoms with Crippen LogP contribution in [-0.4, -0.2) is 19.1 Å². The van der Waals surface area contributed by atoms with Gasteiger partial charge in [-0.05, 0) is 19.3 Å². The second-order valence-electron chi connectivity index (χ2n) is 3.90. The maximum absolute atomic E-state index is 13.1. The Bertz CT molecular complexity index is 201. The van der Waals surface area contributed by atoms with E-state index in [2.05, 4.69) is 6.58 Å². The van der Waals surface area contributed by atoms with Gasteiger partial charge in [-0.15, -0.1) is 0 Å². The number of hydrogen-bond acceptors (Lipinski definition) is 1. The van der Waals surface area contributed by atoms with Crippen LogP contribution >= 0.6 is 0 Å². The molecule has 1 fully saturated rings. The summed E-state index contributed by atoms with van der Waals surface area (Å²) in [5.74, 6) is -2.67. The van der Waals surface area contributed by atoms with Crippen LogP contribution in [-0.2, 0) is 4.74 Å². The van der Waals surface area contributed by atoms with Crippen LogP contribution in [0.2, 0.25) is 0 Å². The molecule has 2 atom stereocenters. The Morgan fingerprint density at radius 2 is 2.08 bits per heavy atom. The van der Waals surface area contributed by atoms with E-state index in [0.29, 0.717) is 6.42 Å². The molecule has 1 rings (SSSR count). The minimum Gasteiger partial charge on any atom is -0.381 e. The van der Waals surface area contributed by atoms with Gasteiger partial charge in [-0.2, -0.15) is 0 Å². The molecule has 0 aromatic carbocycles. The maximum Gasteiger partial charge on any atom is 0.251 e. The van der Waals surface area contributed by atoms with Crippen LogP contribution in [0.25, 0.3) is 0 Å². The molecule has 76 valence electrons. The predicted molar refractivity (Wildman–Crippen MR) is 47.9 cm³/mol. The molecule has 13 heavy (non-hydrogen) atoms. The molecular formula is C10H16F2O. The standard InChI is InChI=1S/C10H16F2O/c1-7(2)8-4-9(13-3)6-10(11,12)5-8/h8-9H,1,4-6H2,2-3H3.